The smallest absolute Gasteiger partial charge is 0.164 e. The number of benzene rings is 1. The Morgan fingerprint density at radius 2 is 2.15 bits per heavy atom. The van der Waals surface area contributed by atoms with Crippen LogP contribution in [-0.2, 0) is 6.42 Å². The van der Waals surface area contributed by atoms with E-state index in [1.165, 1.54) is 0 Å². The first-order valence-electron chi connectivity index (χ1n) is 6.85. The first kappa shape index (κ1) is 12.5. The van der Waals surface area contributed by atoms with Crippen LogP contribution < -0.4 is 5.73 Å². The highest BCUT2D eigenvalue weighted by Gasteiger charge is 2.15. The van der Waals surface area contributed by atoms with Gasteiger partial charge in [-0.1, -0.05) is 37.6 Å². The molecule has 0 aliphatic heterocycles. The average Bonchev–Trinajstić information content (AvgIpc) is 2.81. The van der Waals surface area contributed by atoms with Gasteiger partial charge in [0.15, 0.2) is 5.82 Å². The Morgan fingerprint density at radius 1 is 1.35 bits per heavy atom. The monoisotopic (exact) mass is 264 g/mol. The Balaban J connectivity index is 2.42. The van der Waals surface area contributed by atoms with E-state index in [-0.39, 0.29) is 0 Å². The number of nitrogen functional groups attached to an aromatic ring is 1. The molecule has 2 N–H and O–H groups in total. The van der Waals surface area contributed by atoms with Crippen LogP contribution in [0.1, 0.15) is 31.0 Å². The molecule has 20 heavy (non-hydrogen) atoms. The van der Waals surface area contributed by atoms with Gasteiger partial charge >= 0.3 is 0 Å². The lowest BCUT2D eigenvalue weighted by Crippen LogP contribution is -2.00. The summed E-state index contributed by atoms with van der Waals surface area (Å²) in [6.45, 7) is 2.16. The maximum absolute atomic E-state index is 9.35. The van der Waals surface area contributed by atoms with Crippen LogP contribution in [0.25, 0.3) is 16.3 Å². The molecule has 0 saturated carbocycles. The number of hydrogen-bond donors (Lipinski definition) is 1. The van der Waals surface area contributed by atoms with E-state index in [1.54, 1.807) is 0 Å². The van der Waals surface area contributed by atoms with Gasteiger partial charge in [0.2, 0.25) is 0 Å². The third kappa shape index (κ3) is 1.79. The summed E-state index contributed by atoms with van der Waals surface area (Å²) in [5.41, 5.74) is 8.30. The van der Waals surface area contributed by atoms with E-state index in [9.17, 15) is 5.26 Å². The molecule has 0 unspecified atom stereocenters. The Kier molecular flexibility index (Phi) is 3.03. The quantitative estimate of drug-likeness (QED) is 0.789. The van der Waals surface area contributed by atoms with Crippen LogP contribution in [0.15, 0.2) is 30.3 Å². The van der Waals surface area contributed by atoms with Crippen LogP contribution in [0, 0.1) is 11.3 Å². The number of pyridine rings is 1. The lowest BCUT2D eigenvalue weighted by atomic mass is 10.1. The van der Waals surface area contributed by atoms with Gasteiger partial charge in [-0.3, -0.25) is 0 Å². The van der Waals surface area contributed by atoms with Crippen molar-refractivity contribution in [2.45, 2.75) is 26.2 Å². The number of hydrogen-bond acceptors (Lipinski definition) is 3. The summed E-state index contributed by atoms with van der Waals surface area (Å²) in [5.74, 6) is 0.307. The number of unbranched alkanes of at least 4 members (excludes halogenated alkanes) is 1. The maximum Gasteiger partial charge on any atom is 0.164 e. The molecule has 0 fully saturated rings. The molecule has 0 spiro atoms. The van der Waals surface area contributed by atoms with Crippen molar-refractivity contribution < 1.29 is 0 Å². The van der Waals surface area contributed by atoms with Crippen LogP contribution in [0.3, 0.4) is 0 Å². The van der Waals surface area contributed by atoms with Gasteiger partial charge in [0.05, 0.1) is 5.52 Å². The molecule has 0 aliphatic rings. The third-order valence-corrected chi connectivity index (χ3v) is 3.62. The van der Waals surface area contributed by atoms with Crippen LogP contribution in [0.5, 0.6) is 0 Å². The highest BCUT2D eigenvalue weighted by Crippen LogP contribution is 2.28. The van der Waals surface area contributed by atoms with Gasteiger partial charge in [-0.2, -0.15) is 5.26 Å². The van der Waals surface area contributed by atoms with Crippen molar-refractivity contribution in [3.63, 3.8) is 0 Å². The summed E-state index contributed by atoms with van der Waals surface area (Å²) in [4.78, 5) is 0. The minimum absolute atomic E-state index is 0.307. The summed E-state index contributed by atoms with van der Waals surface area (Å²) in [7, 11) is 0. The third-order valence-electron chi connectivity index (χ3n) is 3.62. The van der Waals surface area contributed by atoms with Crippen molar-refractivity contribution in [3.05, 3.63) is 41.6 Å². The number of nitrogens with zero attached hydrogens (tertiary/aromatic N) is 3. The van der Waals surface area contributed by atoms with E-state index in [0.29, 0.717) is 11.4 Å². The van der Waals surface area contributed by atoms with Gasteiger partial charge in [0.25, 0.3) is 0 Å². The first-order chi connectivity index (χ1) is 9.76. The van der Waals surface area contributed by atoms with Crippen molar-refractivity contribution in [3.8, 4) is 6.07 Å². The Morgan fingerprint density at radius 3 is 2.90 bits per heavy atom. The molecule has 0 aliphatic carbocycles. The van der Waals surface area contributed by atoms with Crippen molar-refractivity contribution in [2.24, 2.45) is 0 Å². The normalized spacial score (nSPS) is 11.0. The summed E-state index contributed by atoms with van der Waals surface area (Å²) in [6, 6.07) is 12.4. The van der Waals surface area contributed by atoms with Crippen molar-refractivity contribution in [2.75, 3.05) is 5.73 Å². The number of fused-ring (bicyclic) bond motifs is 3. The maximum atomic E-state index is 9.35. The van der Waals surface area contributed by atoms with Crippen LogP contribution in [0.4, 0.5) is 5.82 Å². The van der Waals surface area contributed by atoms with Gasteiger partial charge in [0, 0.05) is 11.1 Å². The highest BCUT2D eigenvalue weighted by atomic mass is 15.3. The molecule has 0 bridgehead atoms. The number of nitriles is 1. The minimum atomic E-state index is 0.307. The van der Waals surface area contributed by atoms with E-state index in [2.05, 4.69) is 30.2 Å². The molecule has 2 heterocycles. The number of aryl methyl sites for hydroxylation is 1. The molecule has 1 aromatic carbocycles. The van der Waals surface area contributed by atoms with Gasteiger partial charge in [-0.15, -0.1) is 5.10 Å². The molecule has 2 aromatic heterocycles. The summed E-state index contributed by atoms with van der Waals surface area (Å²) >= 11 is 0. The Hall–Kier alpha value is -2.54. The lowest BCUT2D eigenvalue weighted by molar-refractivity contribution is 0.747. The molecule has 3 aromatic rings. The molecular weight excluding hydrogens is 248 g/mol. The molecule has 0 saturated heterocycles. The second-order valence-electron chi connectivity index (χ2n) is 4.96. The number of nitrogens with two attached hydrogens (primary N) is 1. The second kappa shape index (κ2) is 4.86. The zero-order valence-electron chi connectivity index (χ0n) is 11.4. The Bertz CT molecular complexity index is 824. The van der Waals surface area contributed by atoms with Gasteiger partial charge < -0.3 is 5.73 Å². The van der Waals surface area contributed by atoms with Gasteiger partial charge in [-0.05, 0) is 24.3 Å². The zero-order chi connectivity index (χ0) is 14.1. The standard InChI is InChI=1S/C16H16N4/c1-2-3-7-12-9-11-6-4-5-8-13(11)15-14(10-17)16(18)19-20(12)15/h4-6,8-9H,2-3,7H2,1H3,(H2,18,19). The van der Waals surface area contributed by atoms with Crippen molar-refractivity contribution >= 4 is 22.1 Å². The SMILES string of the molecule is CCCCc1cc2ccccc2c2c(C#N)c(N)nn12. The molecule has 4 heteroatoms. The van der Waals surface area contributed by atoms with E-state index in [4.69, 9.17) is 5.73 Å². The van der Waals surface area contributed by atoms with Crippen LogP contribution in [0.2, 0.25) is 0 Å². The Labute approximate surface area is 117 Å². The highest BCUT2D eigenvalue weighted by molar-refractivity contribution is 6.00. The zero-order valence-corrected chi connectivity index (χ0v) is 11.4. The lowest BCUT2D eigenvalue weighted by Gasteiger charge is -2.08. The predicted octanol–water partition coefficient (Wildman–Crippen LogP) is 3.28. The molecule has 4 nitrogen and oxygen atoms in total. The van der Waals surface area contributed by atoms with Gasteiger partial charge in [0.1, 0.15) is 11.6 Å². The largest absolute Gasteiger partial charge is 0.381 e. The summed E-state index contributed by atoms with van der Waals surface area (Å²) < 4.78 is 1.84. The fourth-order valence-electron chi connectivity index (χ4n) is 2.62. The second-order valence-corrected chi connectivity index (χ2v) is 4.96. The van der Waals surface area contributed by atoms with Crippen LogP contribution >= 0.6 is 0 Å². The molecule has 0 atom stereocenters. The topological polar surface area (TPSA) is 67.1 Å². The fraction of sp³-hybridized carbons (Fsp3) is 0.250. The molecule has 100 valence electrons. The average molecular weight is 264 g/mol. The molecule has 0 radical (unpaired) electrons. The van der Waals surface area contributed by atoms with Gasteiger partial charge in [-0.25, -0.2) is 4.52 Å². The summed E-state index contributed by atoms with van der Waals surface area (Å²) in [6.07, 6.45) is 3.15. The number of aromatic nitrogens is 2. The molecule has 3 rings (SSSR count). The van der Waals surface area contributed by atoms with Crippen LogP contribution in [-0.4, -0.2) is 9.61 Å². The van der Waals surface area contributed by atoms with Crippen molar-refractivity contribution in [1.29, 1.82) is 5.26 Å². The number of anilines is 1. The molecule has 0 amide bonds. The van der Waals surface area contributed by atoms with Crippen molar-refractivity contribution in [1.82, 2.24) is 9.61 Å². The predicted molar refractivity (Wildman–Crippen MR) is 80.4 cm³/mol. The molecular formula is C16H16N4. The number of rotatable bonds is 3. The fourth-order valence-corrected chi connectivity index (χ4v) is 2.62. The van der Waals surface area contributed by atoms with E-state index >= 15 is 0 Å². The minimum Gasteiger partial charge on any atom is -0.381 e. The van der Waals surface area contributed by atoms with E-state index in [0.717, 1.165) is 41.2 Å². The summed E-state index contributed by atoms with van der Waals surface area (Å²) in [5, 5.41) is 15.9. The van der Waals surface area contributed by atoms with E-state index in [1.807, 2.05) is 22.7 Å². The first-order valence-corrected chi connectivity index (χ1v) is 6.85. The van der Waals surface area contributed by atoms with E-state index < -0.39 is 0 Å².